The van der Waals surface area contributed by atoms with Crippen molar-refractivity contribution < 1.29 is 0 Å². The van der Waals surface area contributed by atoms with Crippen LogP contribution in [0.4, 0.5) is 0 Å². The number of hydrogen-bond donors (Lipinski definition) is 0. The van der Waals surface area contributed by atoms with E-state index >= 15 is 0 Å². The zero-order valence-electron chi connectivity index (χ0n) is 6.43. The number of nitrogens with zero attached hydrogens (tertiary/aromatic N) is 2. The Morgan fingerprint density at radius 1 is 1.70 bits per heavy atom. The Morgan fingerprint density at radius 2 is 2.30 bits per heavy atom. The molecule has 0 aliphatic heterocycles. The van der Waals surface area contributed by atoms with Gasteiger partial charge in [0.1, 0.15) is 5.82 Å². The zero-order valence-corrected chi connectivity index (χ0v) is 9.74. The molecule has 0 amide bonds. The lowest BCUT2D eigenvalue weighted by Gasteiger charge is -1.88. The van der Waals surface area contributed by atoms with Crippen LogP contribution >= 0.6 is 20.3 Å². The summed E-state index contributed by atoms with van der Waals surface area (Å²) in [5.74, 6) is 3.40. The van der Waals surface area contributed by atoms with Crippen molar-refractivity contribution in [2.75, 3.05) is 0 Å². The minimum atomic E-state index is -0.698. The zero-order chi connectivity index (χ0) is 7.72. The SMILES string of the molecule is Cc1n[c]([Al]([CH3])[I])cn1C. The molecule has 0 spiro atoms. The van der Waals surface area contributed by atoms with Crippen molar-refractivity contribution in [2.24, 2.45) is 7.05 Å². The fourth-order valence-electron chi connectivity index (χ4n) is 0.778. The molecule has 10 heavy (non-hydrogen) atoms. The summed E-state index contributed by atoms with van der Waals surface area (Å²) >= 11 is 2.50. The van der Waals surface area contributed by atoms with E-state index in [1.54, 1.807) is 0 Å². The Hall–Kier alpha value is 0.472. The molecular formula is C6H10AlIN2. The fourth-order valence-corrected chi connectivity index (χ4v) is 2.47. The Kier molecular flexibility index (Phi) is 2.78. The molecule has 1 aromatic rings. The van der Waals surface area contributed by atoms with Crippen LogP contribution < -0.4 is 4.56 Å². The van der Waals surface area contributed by atoms with Crippen LogP contribution in [0.15, 0.2) is 6.20 Å². The van der Waals surface area contributed by atoms with Gasteiger partial charge in [-0.2, -0.15) is 20.3 Å². The van der Waals surface area contributed by atoms with Gasteiger partial charge in [0.15, 0.2) is 0 Å². The maximum atomic E-state index is 4.43. The second kappa shape index (κ2) is 3.25. The van der Waals surface area contributed by atoms with Gasteiger partial charge in [0.25, 0.3) is 0 Å². The quantitative estimate of drug-likeness (QED) is 0.546. The van der Waals surface area contributed by atoms with Gasteiger partial charge in [-0.1, -0.05) is 5.79 Å². The Morgan fingerprint density at radius 3 is 2.50 bits per heavy atom. The molecule has 1 heterocycles. The van der Waals surface area contributed by atoms with Crippen LogP contribution in [-0.4, -0.2) is 20.4 Å². The van der Waals surface area contributed by atoms with E-state index in [1.807, 2.05) is 14.0 Å². The van der Waals surface area contributed by atoms with Crippen LogP contribution in [-0.2, 0) is 7.05 Å². The van der Waals surface area contributed by atoms with Gasteiger partial charge in [0, 0.05) is 17.8 Å². The van der Waals surface area contributed by atoms with Gasteiger partial charge in [0.2, 0.25) is 0 Å². The molecule has 0 fully saturated rings. The van der Waals surface area contributed by atoms with Crippen molar-refractivity contribution in [3.63, 3.8) is 0 Å². The fraction of sp³-hybridized carbons (Fsp3) is 0.500. The molecule has 1 aromatic heterocycles. The van der Waals surface area contributed by atoms with E-state index in [1.165, 1.54) is 4.56 Å². The molecule has 0 unspecified atom stereocenters. The number of hydrogen-bond acceptors (Lipinski definition) is 1. The molecule has 2 nitrogen and oxygen atoms in total. The number of aryl methyl sites for hydroxylation is 2. The van der Waals surface area contributed by atoms with E-state index < -0.39 is 10.9 Å². The first kappa shape index (κ1) is 8.57. The Balaban J connectivity index is 2.98. The van der Waals surface area contributed by atoms with Crippen LogP contribution in [0.2, 0.25) is 5.79 Å². The molecule has 0 N–H and O–H groups in total. The number of rotatable bonds is 1. The molecule has 0 saturated carbocycles. The predicted octanol–water partition coefficient (Wildman–Crippen LogP) is 0.992. The first-order chi connectivity index (χ1) is 4.61. The maximum Gasteiger partial charge on any atom is 0.424 e. The lowest BCUT2D eigenvalue weighted by Crippen LogP contribution is -2.20. The van der Waals surface area contributed by atoms with Crippen molar-refractivity contribution in [1.29, 1.82) is 0 Å². The van der Waals surface area contributed by atoms with Gasteiger partial charge in [-0.25, -0.2) is 0 Å². The average Bonchev–Trinajstić information content (AvgIpc) is 2.13. The largest absolute Gasteiger partial charge is 0.424 e. The van der Waals surface area contributed by atoms with Crippen molar-refractivity contribution >= 4 is 35.7 Å². The van der Waals surface area contributed by atoms with E-state index in [9.17, 15) is 0 Å². The third-order valence-electron chi connectivity index (χ3n) is 1.53. The highest BCUT2D eigenvalue weighted by Crippen LogP contribution is 1.95. The van der Waals surface area contributed by atoms with Crippen molar-refractivity contribution in [1.82, 2.24) is 9.55 Å². The Labute approximate surface area is 76.7 Å². The van der Waals surface area contributed by atoms with E-state index in [0.717, 1.165) is 5.82 Å². The van der Waals surface area contributed by atoms with Gasteiger partial charge in [-0.3, -0.25) is 4.98 Å². The second-order valence-electron chi connectivity index (χ2n) is 2.44. The molecule has 0 saturated heterocycles. The van der Waals surface area contributed by atoms with E-state index in [0.29, 0.717) is 0 Å². The van der Waals surface area contributed by atoms with Gasteiger partial charge in [-0.05, 0) is 6.92 Å². The predicted molar refractivity (Wildman–Crippen MR) is 53.2 cm³/mol. The topological polar surface area (TPSA) is 17.8 Å². The van der Waals surface area contributed by atoms with Crippen LogP contribution in [0.1, 0.15) is 5.82 Å². The summed E-state index contributed by atoms with van der Waals surface area (Å²) in [4.78, 5) is 4.43. The number of imidazole rings is 1. The van der Waals surface area contributed by atoms with Gasteiger partial charge in [-0.15, -0.1) is 0 Å². The number of aromatic nitrogens is 2. The summed E-state index contributed by atoms with van der Waals surface area (Å²) in [6.07, 6.45) is 2.14. The van der Waals surface area contributed by atoms with Crippen molar-refractivity contribution in [3.05, 3.63) is 12.0 Å². The summed E-state index contributed by atoms with van der Waals surface area (Å²) in [5, 5.41) is 0. The summed E-state index contributed by atoms with van der Waals surface area (Å²) in [5.41, 5.74) is 0. The van der Waals surface area contributed by atoms with Crippen LogP contribution in [0.5, 0.6) is 0 Å². The third-order valence-corrected chi connectivity index (χ3v) is 4.54. The molecular weight excluding hydrogens is 254 g/mol. The first-order valence-electron chi connectivity index (χ1n) is 3.25. The molecule has 0 aliphatic rings. The van der Waals surface area contributed by atoms with Gasteiger partial charge >= 0.3 is 10.9 Å². The van der Waals surface area contributed by atoms with Gasteiger partial charge in [0.05, 0.1) is 0 Å². The molecule has 54 valence electrons. The normalized spacial score (nSPS) is 10.0. The van der Waals surface area contributed by atoms with Crippen molar-refractivity contribution in [3.8, 4) is 0 Å². The van der Waals surface area contributed by atoms with Crippen LogP contribution in [0, 0.1) is 6.92 Å². The number of halogens is 1. The lowest BCUT2D eigenvalue weighted by atomic mass is 10.7. The summed E-state index contributed by atoms with van der Waals surface area (Å²) in [6, 6.07) is 0. The van der Waals surface area contributed by atoms with Crippen molar-refractivity contribution in [2.45, 2.75) is 12.7 Å². The van der Waals surface area contributed by atoms with Crippen LogP contribution in [0.25, 0.3) is 0 Å². The minimum absolute atomic E-state index is 0.698. The molecule has 0 aliphatic carbocycles. The average molecular weight is 264 g/mol. The van der Waals surface area contributed by atoms with Gasteiger partial charge < -0.3 is 4.57 Å². The molecule has 0 atom stereocenters. The maximum absolute atomic E-state index is 4.43. The van der Waals surface area contributed by atoms with E-state index in [2.05, 4.69) is 41.8 Å². The molecule has 1 rings (SSSR count). The highest BCUT2D eigenvalue weighted by atomic mass is 127. The molecule has 4 heteroatoms. The smallest absolute Gasteiger partial charge is 0.340 e. The Bertz CT molecular complexity index is 212. The molecule has 0 radical (unpaired) electrons. The summed E-state index contributed by atoms with van der Waals surface area (Å²) in [6.45, 7) is 2.04. The lowest BCUT2D eigenvalue weighted by molar-refractivity contribution is 0.858. The molecule has 0 aromatic carbocycles. The summed E-state index contributed by atoms with van der Waals surface area (Å²) in [7, 11) is 1.34. The highest BCUT2D eigenvalue weighted by Gasteiger charge is 2.12. The van der Waals surface area contributed by atoms with E-state index in [4.69, 9.17) is 0 Å². The third kappa shape index (κ3) is 1.74. The second-order valence-corrected chi connectivity index (χ2v) is 9.87. The first-order valence-corrected chi connectivity index (χ1v) is 9.15. The molecule has 0 bridgehead atoms. The monoisotopic (exact) mass is 264 g/mol. The van der Waals surface area contributed by atoms with E-state index in [-0.39, 0.29) is 0 Å². The summed E-state index contributed by atoms with van der Waals surface area (Å²) < 4.78 is 3.39. The highest BCUT2D eigenvalue weighted by molar-refractivity contribution is 14.1. The minimum Gasteiger partial charge on any atom is -0.340 e. The van der Waals surface area contributed by atoms with Crippen LogP contribution in [0.3, 0.4) is 0 Å². The standard InChI is InChI=1S/C5H7N2.CH3.Al.HI/c1-5-6-3-4-7(5)2;;;/h4H,1-2H3;1H3;;1H/q;;+1;/p-1.